The Labute approximate surface area is 136 Å². The van der Waals surface area contributed by atoms with Crippen LogP contribution < -0.4 is 0 Å². The molecule has 1 aromatic heterocycles. The van der Waals surface area contributed by atoms with E-state index in [9.17, 15) is 23.1 Å². The molecule has 1 aliphatic heterocycles. The van der Waals surface area contributed by atoms with Gasteiger partial charge < -0.3 is 15.0 Å². The Hall–Kier alpha value is -2.51. The van der Waals surface area contributed by atoms with Crippen LogP contribution in [0.15, 0.2) is 30.5 Å². The molecule has 1 aromatic carbocycles. The minimum Gasteiger partial charge on any atom is -0.507 e. The number of aromatic hydroxyl groups is 1. The summed E-state index contributed by atoms with van der Waals surface area (Å²) >= 11 is 0. The minimum atomic E-state index is -4.44. The molecule has 128 valence electrons. The molecule has 0 saturated carbocycles. The van der Waals surface area contributed by atoms with Gasteiger partial charge in [-0.3, -0.25) is 4.79 Å². The number of halogens is 3. The van der Waals surface area contributed by atoms with Crippen molar-refractivity contribution < 1.29 is 23.1 Å². The van der Waals surface area contributed by atoms with Gasteiger partial charge >= 0.3 is 6.18 Å². The fraction of sp³-hybridized carbons (Fsp3) is 0.375. The van der Waals surface area contributed by atoms with Crippen molar-refractivity contribution in [1.82, 2.24) is 14.9 Å². The SMILES string of the molecule is O=C(c1ccccc1O)N1CCC(c2ncc(C(F)(F)F)[nH]2)CC1. The van der Waals surface area contributed by atoms with Crippen LogP contribution in [0.5, 0.6) is 5.75 Å². The maximum absolute atomic E-state index is 12.6. The van der Waals surface area contributed by atoms with Crippen LogP contribution in [0.25, 0.3) is 0 Å². The lowest BCUT2D eigenvalue weighted by Gasteiger charge is -2.31. The quantitative estimate of drug-likeness (QED) is 0.883. The molecule has 0 aliphatic carbocycles. The number of hydrogen-bond acceptors (Lipinski definition) is 3. The van der Waals surface area contributed by atoms with Crippen molar-refractivity contribution in [2.75, 3.05) is 13.1 Å². The first kappa shape index (κ1) is 16.4. The zero-order valence-corrected chi connectivity index (χ0v) is 12.7. The predicted octanol–water partition coefficient (Wildman–Crippen LogP) is 3.15. The molecule has 2 N–H and O–H groups in total. The lowest BCUT2D eigenvalue weighted by Crippen LogP contribution is -2.38. The third-order valence-electron chi connectivity index (χ3n) is 4.20. The van der Waals surface area contributed by atoms with Crippen LogP contribution in [0, 0.1) is 0 Å². The first-order valence-corrected chi connectivity index (χ1v) is 7.55. The van der Waals surface area contributed by atoms with E-state index in [4.69, 9.17) is 0 Å². The number of imidazole rings is 1. The predicted molar refractivity (Wildman–Crippen MR) is 79.6 cm³/mol. The number of H-pyrrole nitrogens is 1. The summed E-state index contributed by atoms with van der Waals surface area (Å²) in [5.41, 5.74) is -0.626. The highest BCUT2D eigenvalue weighted by Crippen LogP contribution is 2.32. The smallest absolute Gasteiger partial charge is 0.432 e. The number of hydrogen-bond donors (Lipinski definition) is 2. The molecule has 1 amide bonds. The van der Waals surface area contributed by atoms with E-state index in [1.165, 1.54) is 6.07 Å². The van der Waals surface area contributed by atoms with Crippen molar-refractivity contribution in [3.05, 3.63) is 47.5 Å². The summed E-state index contributed by atoms with van der Waals surface area (Å²) in [5.74, 6) is -0.195. The lowest BCUT2D eigenvalue weighted by atomic mass is 9.95. The molecule has 1 aliphatic rings. The van der Waals surface area contributed by atoms with Crippen LogP contribution in [0.3, 0.4) is 0 Å². The molecule has 2 aromatic rings. The molecule has 5 nitrogen and oxygen atoms in total. The zero-order chi connectivity index (χ0) is 17.3. The van der Waals surface area contributed by atoms with Gasteiger partial charge in [0.25, 0.3) is 5.91 Å². The monoisotopic (exact) mass is 339 g/mol. The number of nitrogens with one attached hydrogen (secondary N) is 1. The van der Waals surface area contributed by atoms with Crippen molar-refractivity contribution in [3.8, 4) is 5.75 Å². The van der Waals surface area contributed by atoms with E-state index in [-0.39, 0.29) is 23.1 Å². The average Bonchev–Trinajstić information content (AvgIpc) is 3.05. The van der Waals surface area contributed by atoms with Crippen molar-refractivity contribution in [2.45, 2.75) is 24.9 Å². The van der Waals surface area contributed by atoms with Crippen molar-refractivity contribution >= 4 is 5.91 Å². The second-order valence-electron chi connectivity index (χ2n) is 5.76. The van der Waals surface area contributed by atoms with Gasteiger partial charge in [0.2, 0.25) is 0 Å². The highest BCUT2D eigenvalue weighted by molar-refractivity contribution is 5.96. The highest BCUT2D eigenvalue weighted by Gasteiger charge is 2.34. The molecule has 2 heterocycles. The molecule has 0 unspecified atom stereocenters. The molecule has 8 heteroatoms. The normalized spacial score (nSPS) is 16.4. The topological polar surface area (TPSA) is 69.2 Å². The Balaban J connectivity index is 1.65. The highest BCUT2D eigenvalue weighted by atomic mass is 19.4. The molecule has 0 spiro atoms. The summed E-state index contributed by atoms with van der Waals surface area (Å²) in [6, 6.07) is 6.29. The first-order valence-electron chi connectivity index (χ1n) is 7.55. The molecule has 24 heavy (non-hydrogen) atoms. The van der Waals surface area contributed by atoms with Crippen LogP contribution in [0.2, 0.25) is 0 Å². The number of likely N-dealkylation sites (tertiary alicyclic amines) is 1. The van der Waals surface area contributed by atoms with E-state index in [1.807, 2.05) is 0 Å². The number of aromatic amines is 1. The van der Waals surface area contributed by atoms with Gasteiger partial charge in [-0.15, -0.1) is 0 Å². The molecule has 1 saturated heterocycles. The molecule has 1 fully saturated rings. The van der Waals surface area contributed by atoms with Crippen LogP contribution in [0.1, 0.15) is 40.6 Å². The second-order valence-corrected chi connectivity index (χ2v) is 5.76. The zero-order valence-electron chi connectivity index (χ0n) is 12.7. The van der Waals surface area contributed by atoms with E-state index in [2.05, 4.69) is 9.97 Å². The third-order valence-corrected chi connectivity index (χ3v) is 4.20. The first-order chi connectivity index (χ1) is 11.4. The number of phenols is 1. The van der Waals surface area contributed by atoms with Gasteiger partial charge in [0.1, 0.15) is 17.3 Å². The number of para-hydroxylation sites is 1. The Bertz CT molecular complexity index is 734. The number of nitrogens with zero attached hydrogens (tertiary/aromatic N) is 2. The molecular formula is C16H16F3N3O2. The van der Waals surface area contributed by atoms with Gasteiger partial charge in [0.15, 0.2) is 0 Å². The lowest BCUT2D eigenvalue weighted by molar-refractivity contribution is -0.141. The fourth-order valence-corrected chi connectivity index (χ4v) is 2.87. The Kier molecular flexibility index (Phi) is 4.21. The van der Waals surface area contributed by atoms with E-state index >= 15 is 0 Å². The van der Waals surface area contributed by atoms with Gasteiger partial charge in [-0.1, -0.05) is 12.1 Å². The molecule has 0 bridgehead atoms. The number of alkyl halides is 3. The van der Waals surface area contributed by atoms with E-state index in [0.29, 0.717) is 31.8 Å². The van der Waals surface area contributed by atoms with Crippen LogP contribution in [-0.2, 0) is 6.18 Å². The summed E-state index contributed by atoms with van der Waals surface area (Å²) < 4.78 is 37.8. The second kappa shape index (κ2) is 6.18. The number of carbonyl (C=O) groups is 1. The van der Waals surface area contributed by atoms with E-state index < -0.39 is 11.9 Å². The number of benzene rings is 1. The number of carbonyl (C=O) groups excluding carboxylic acids is 1. The minimum absolute atomic E-state index is 0.0783. The molecule has 0 radical (unpaired) electrons. The van der Waals surface area contributed by atoms with Crippen molar-refractivity contribution in [1.29, 1.82) is 0 Å². The summed E-state index contributed by atoms with van der Waals surface area (Å²) in [4.78, 5) is 20.1. The van der Waals surface area contributed by atoms with Gasteiger partial charge in [0.05, 0.1) is 11.8 Å². The third kappa shape index (κ3) is 3.22. The maximum atomic E-state index is 12.6. The summed E-state index contributed by atoms with van der Waals surface area (Å²) in [7, 11) is 0. The standard InChI is InChI=1S/C16H16F3N3O2/c17-16(18,19)13-9-20-14(21-13)10-5-7-22(8-6-10)15(24)11-3-1-2-4-12(11)23/h1-4,9-10,23H,5-8H2,(H,20,21). The maximum Gasteiger partial charge on any atom is 0.432 e. The molecule has 3 rings (SSSR count). The van der Waals surface area contributed by atoms with E-state index in [0.717, 1.165) is 6.20 Å². The van der Waals surface area contributed by atoms with Crippen molar-refractivity contribution in [3.63, 3.8) is 0 Å². The van der Waals surface area contributed by atoms with Gasteiger partial charge in [-0.25, -0.2) is 4.98 Å². The number of piperidine rings is 1. The van der Waals surface area contributed by atoms with Crippen LogP contribution >= 0.6 is 0 Å². The number of amides is 1. The molecule has 0 atom stereocenters. The van der Waals surface area contributed by atoms with Gasteiger partial charge in [-0.05, 0) is 25.0 Å². The molecular weight excluding hydrogens is 323 g/mol. The Morgan fingerprint density at radius 2 is 1.92 bits per heavy atom. The van der Waals surface area contributed by atoms with E-state index in [1.54, 1.807) is 23.1 Å². The fourth-order valence-electron chi connectivity index (χ4n) is 2.87. The van der Waals surface area contributed by atoms with Crippen LogP contribution in [0.4, 0.5) is 13.2 Å². The van der Waals surface area contributed by atoms with Crippen LogP contribution in [-0.4, -0.2) is 39.0 Å². The average molecular weight is 339 g/mol. The summed E-state index contributed by atoms with van der Waals surface area (Å²) in [6.07, 6.45) is -2.60. The van der Waals surface area contributed by atoms with Crippen molar-refractivity contribution in [2.24, 2.45) is 0 Å². The number of phenolic OH excluding ortho intramolecular Hbond substituents is 1. The number of aromatic nitrogens is 2. The number of rotatable bonds is 2. The largest absolute Gasteiger partial charge is 0.507 e. The Morgan fingerprint density at radius 1 is 1.25 bits per heavy atom. The summed E-state index contributed by atoms with van der Waals surface area (Å²) in [6.45, 7) is 0.805. The van der Waals surface area contributed by atoms with Gasteiger partial charge in [0, 0.05) is 19.0 Å². The summed E-state index contributed by atoms with van der Waals surface area (Å²) in [5, 5.41) is 9.75. The van der Waals surface area contributed by atoms with Gasteiger partial charge in [-0.2, -0.15) is 13.2 Å². The Morgan fingerprint density at radius 3 is 2.50 bits per heavy atom.